The number of aryl methyl sites for hydroxylation is 1. The van der Waals surface area contributed by atoms with E-state index in [9.17, 15) is 9.90 Å². The molecule has 0 aromatic carbocycles. The van der Waals surface area contributed by atoms with E-state index in [1.54, 1.807) is 0 Å². The molecule has 2 fully saturated rings. The first kappa shape index (κ1) is 14.9. The number of likely N-dealkylation sites (tertiary alicyclic amines) is 1. The first-order chi connectivity index (χ1) is 10.1. The predicted octanol–water partition coefficient (Wildman–Crippen LogP) is 1.84. The van der Waals surface area contributed by atoms with Gasteiger partial charge in [0.1, 0.15) is 5.69 Å². The molecule has 0 unspecified atom stereocenters. The lowest BCUT2D eigenvalue weighted by molar-refractivity contribution is -0.207. The fourth-order valence-corrected chi connectivity index (χ4v) is 4.15. The van der Waals surface area contributed by atoms with Crippen molar-refractivity contribution in [1.29, 1.82) is 0 Å². The lowest BCUT2D eigenvalue weighted by atomic mass is 9.58. The third kappa shape index (κ3) is 2.49. The molecule has 1 aromatic rings. The summed E-state index contributed by atoms with van der Waals surface area (Å²) < 4.78 is 5.75. The van der Waals surface area contributed by atoms with Gasteiger partial charge in [-0.2, -0.15) is 0 Å². The minimum atomic E-state index is -0.284. The number of hydrogen-bond donors (Lipinski definition) is 1. The second-order valence-corrected chi connectivity index (χ2v) is 7.03. The Kier molecular flexibility index (Phi) is 4.03. The largest absolute Gasteiger partial charge is 0.392 e. The van der Waals surface area contributed by atoms with Gasteiger partial charge in [0.2, 0.25) is 0 Å². The zero-order chi connectivity index (χ0) is 15.0. The number of aromatic nitrogens is 1. The number of amides is 1. The molecular weight excluding hydrogens is 288 g/mol. The number of carbonyl (C=O) groups excluding carboxylic acids is 1. The molecule has 5 nitrogen and oxygen atoms in total. The Bertz CT molecular complexity index is 521. The van der Waals surface area contributed by atoms with Gasteiger partial charge in [-0.15, -0.1) is 11.3 Å². The van der Waals surface area contributed by atoms with Gasteiger partial charge in [-0.25, -0.2) is 4.98 Å². The molecule has 1 spiro atoms. The van der Waals surface area contributed by atoms with Gasteiger partial charge in [-0.1, -0.05) is 0 Å². The van der Waals surface area contributed by atoms with E-state index >= 15 is 0 Å². The molecule has 21 heavy (non-hydrogen) atoms. The maximum absolute atomic E-state index is 12.4. The van der Waals surface area contributed by atoms with Crippen LogP contribution in [-0.4, -0.2) is 52.8 Å². The molecule has 1 aromatic heterocycles. The quantitative estimate of drug-likeness (QED) is 0.925. The van der Waals surface area contributed by atoms with Crippen molar-refractivity contribution in [3.63, 3.8) is 0 Å². The Balaban J connectivity index is 1.63. The van der Waals surface area contributed by atoms with Crippen molar-refractivity contribution in [3.05, 3.63) is 16.1 Å². The van der Waals surface area contributed by atoms with E-state index in [-0.39, 0.29) is 23.5 Å². The van der Waals surface area contributed by atoms with Crippen LogP contribution in [0.4, 0.5) is 0 Å². The van der Waals surface area contributed by atoms with Crippen molar-refractivity contribution >= 4 is 17.2 Å². The second kappa shape index (κ2) is 5.66. The third-order valence-electron chi connectivity index (χ3n) is 4.93. The molecule has 0 bridgehead atoms. The minimum Gasteiger partial charge on any atom is -0.392 e. The summed E-state index contributed by atoms with van der Waals surface area (Å²) in [5.74, 6) is 0.0102. The summed E-state index contributed by atoms with van der Waals surface area (Å²) in [5, 5.41) is 12.9. The highest BCUT2D eigenvalue weighted by molar-refractivity contribution is 7.09. The molecule has 1 saturated heterocycles. The SMILES string of the molecule is CCO[C@@H]1C[C@H](O)C12CCN(C(=O)c1csc(C)n1)CC2. The van der Waals surface area contributed by atoms with Gasteiger partial charge in [0.25, 0.3) is 5.91 Å². The summed E-state index contributed by atoms with van der Waals surface area (Å²) in [6.07, 6.45) is 2.22. The van der Waals surface area contributed by atoms with Crippen molar-refractivity contribution < 1.29 is 14.6 Å². The monoisotopic (exact) mass is 310 g/mol. The van der Waals surface area contributed by atoms with E-state index < -0.39 is 0 Å². The summed E-state index contributed by atoms with van der Waals surface area (Å²) in [6.45, 7) is 5.93. The topological polar surface area (TPSA) is 62.7 Å². The fourth-order valence-electron chi connectivity index (χ4n) is 3.57. The van der Waals surface area contributed by atoms with Gasteiger partial charge in [-0.3, -0.25) is 4.79 Å². The van der Waals surface area contributed by atoms with Gasteiger partial charge in [0, 0.05) is 36.9 Å². The Hall–Kier alpha value is -0.980. The van der Waals surface area contributed by atoms with Crippen LogP contribution in [0.25, 0.3) is 0 Å². The molecule has 1 amide bonds. The Morgan fingerprint density at radius 3 is 2.81 bits per heavy atom. The molecule has 0 radical (unpaired) electrons. The number of aliphatic hydroxyl groups excluding tert-OH is 1. The van der Waals surface area contributed by atoms with E-state index in [1.807, 2.05) is 24.1 Å². The maximum atomic E-state index is 12.4. The third-order valence-corrected chi connectivity index (χ3v) is 5.70. The van der Waals surface area contributed by atoms with Gasteiger partial charge in [0.05, 0.1) is 17.2 Å². The van der Waals surface area contributed by atoms with E-state index in [0.29, 0.717) is 25.4 Å². The van der Waals surface area contributed by atoms with Crippen LogP contribution in [0.3, 0.4) is 0 Å². The van der Waals surface area contributed by atoms with Gasteiger partial charge in [-0.05, 0) is 26.7 Å². The van der Waals surface area contributed by atoms with Crippen LogP contribution in [-0.2, 0) is 4.74 Å². The van der Waals surface area contributed by atoms with Gasteiger partial charge >= 0.3 is 0 Å². The summed E-state index contributed by atoms with van der Waals surface area (Å²) in [4.78, 5) is 18.5. The van der Waals surface area contributed by atoms with Crippen LogP contribution in [0.15, 0.2) is 5.38 Å². The molecule has 3 rings (SSSR count). The summed E-state index contributed by atoms with van der Waals surface area (Å²) in [5.41, 5.74) is 0.411. The van der Waals surface area contributed by atoms with Crippen molar-refractivity contribution in [3.8, 4) is 0 Å². The van der Waals surface area contributed by atoms with Crippen molar-refractivity contribution in [2.75, 3.05) is 19.7 Å². The van der Waals surface area contributed by atoms with E-state index in [4.69, 9.17) is 4.74 Å². The number of rotatable bonds is 3. The maximum Gasteiger partial charge on any atom is 0.273 e. The van der Waals surface area contributed by atoms with Crippen molar-refractivity contribution in [2.45, 2.75) is 45.3 Å². The van der Waals surface area contributed by atoms with E-state index in [2.05, 4.69) is 4.98 Å². The number of thiazole rings is 1. The fraction of sp³-hybridized carbons (Fsp3) is 0.733. The lowest BCUT2D eigenvalue weighted by Gasteiger charge is -2.56. The van der Waals surface area contributed by atoms with Crippen LogP contribution in [0, 0.1) is 12.3 Å². The average molecular weight is 310 g/mol. The van der Waals surface area contributed by atoms with Crippen LogP contribution < -0.4 is 0 Å². The van der Waals surface area contributed by atoms with Gasteiger partial charge in [0.15, 0.2) is 0 Å². The standard InChI is InChI=1S/C15H22N2O3S/c1-3-20-13-8-12(18)15(13)4-6-17(7-5-15)14(19)11-9-21-10(2)16-11/h9,12-13,18H,3-8H2,1-2H3/t12-,13+/m0/s1. The van der Waals surface area contributed by atoms with Crippen LogP contribution in [0.2, 0.25) is 0 Å². The normalized spacial score (nSPS) is 27.7. The van der Waals surface area contributed by atoms with E-state index in [0.717, 1.165) is 24.3 Å². The molecule has 1 aliphatic carbocycles. The smallest absolute Gasteiger partial charge is 0.273 e. The number of aliphatic hydroxyl groups is 1. The number of nitrogens with zero attached hydrogens (tertiary/aromatic N) is 2. The highest BCUT2D eigenvalue weighted by Crippen LogP contribution is 2.51. The van der Waals surface area contributed by atoms with Gasteiger partial charge < -0.3 is 14.7 Å². The highest BCUT2D eigenvalue weighted by atomic mass is 32.1. The van der Waals surface area contributed by atoms with E-state index in [1.165, 1.54) is 11.3 Å². The summed E-state index contributed by atoms with van der Waals surface area (Å²) in [6, 6.07) is 0. The number of hydrogen-bond acceptors (Lipinski definition) is 5. The van der Waals surface area contributed by atoms with Crippen LogP contribution >= 0.6 is 11.3 Å². The Morgan fingerprint density at radius 2 is 2.29 bits per heavy atom. The molecule has 1 N–H and O–H groups in total. The first-order valence-electron chi connectivity index (χ1n) is 7.58. The van der Waals surface area contributed by atoms with Crippen molar-refractivity contribution in [1.82, 2.24) is 9.88 Å². The number of piperidine rings is 1. The lowest BCUT2D eigenvalue weighted by Crippen LogP contribution is -2.62. The number of carbonyl (C=O) groups is 1. The molecular formula is C15H22N2O3S. The van der Waals surface area contributed by atoms with Crippen LogP contribution in [0.5, 0.6) is 0 Å². The van der Waals surface area contributed by atoms with Crippen molar-refractivity contribution in [2.24, 2.45) is 5.41 Å². The predicted molar refractivity (Wildman–Crippen MR) is 80.5 cm³/mol. The minimum absolute atomic E-state index is 0.0102. The van der Waals surface area contributed by atoms with Crippen LogP contribution in [0.1, 0.15) is 41.7 Å². The molecule has 116 valence electrons. The zero-order valence-corrected chi connectivity index (χ0v) is 13.4. The molecule has 1 aliphatic heterocycles. The number of ether oxygens (including phenoxy) is 1. The Morgan fingerprint density at radius 1 is 1.57 bits per heavy atom. The second-order valence-electron chi connectivity index (χ2n) is 5.97. The molecule has 1 saturated carbocycles. The summed E-state index contributed by atoms with van der Waals surface area (Å²) in [7, 11) is 0. The molecule has 2 aliphatic rings. The molecule has 6 heteroatoms. The molecule has 2 heterocycles. The average Bonchev–Trinajstić information content (AvgIpc) is 2.93. The molecule has 2 atom stereocenters. The zero-order valence-electron chi connectivity index (χ0n) is 12.5. The highest BCUT2D eigenvalue weighted by Gasteiger charge is 2.56. The first-order valence-corrected chi connectivity index (χ1v) is 8.46. The Labute approximate surface area is 128 Å². The summed E-state index contributed by atoms with van der Waals surface area (Å²) >= 11 is 1.50.